The molecule has 57 heavy (non-hydrogen) atoms. The molecule has 2 aliphatic carbocycles. The monoisotopic (exact) mass is 781 g/mol. The van der Waals surface area contributed by atoms with E-state index in [4.69, 9.17) is 19.6 Å². The van der Waals surface area contributed by atoms with Crippen molar-refractivity contribution in [1.29, 1.82) is 5.41 Å². The number of carbonyl (C=O) groups excluding carboxylic acids is 3. The van der Waals surface area contributed by atoms with Gasteiger partial charge in [-0.1, -0.05) is 55.3 Å². The summed E-state index contributed by atoms with van der Waals surface area (Å²) in [7, 11) is 0. The molecule has 0 spiro atoms. The molecule has 0 aromatic heterocycles. The second kappa shape index (κ2) is 15.1. The normalized spacial score (nSPS) is 26.8. The smallest absolute Gasteiger partial charge is 0.262 e. The highest BCUT2D eigenvalue weighted by molar-refractivity contribution is 6.66. The largest absolute Gasteiger partial charge is 0.857 e. The molecule has 0 amide bonds. The van der Waals surface area contributed by atoms with Crippen LogP contribution >= 0.6 is 0 Å². The molecule has 0 bridgehead atoms. The SMILES string of the molecule is N=C1N=C([O-])C2=NC[NH+](c3ccccc3Cc3cc4c(c(OCC(O)CC=O)c3OC3OC(C5(O)CCCC5)C(O)C(O)C3O)C(=O)c3ccccc3C4=O)C2=N1. The summed E-state index contributed by atoms with van der Waals surface area (Å²) < 4.78 is 18.7. The molecule has 2 fully saturated rings. The number of nitrogens with one attached hydrogen (secondary N) is 2. The van der Waals surface area contributed by atoms with E-state index < -0.39 is 72.4 Å². The number of nitrogens with zero attached hydrogens (tertiary/aromatic N) is 3. The summed E-state index contributed by atoms with van der Waals surface area (Å²) in [6, 6.07) is 14.7. The standard InChI is InChI=1S/C40H39N5O12/c41-39-43-36-27(37(53)44-39)42-18-45(36)25-10-4-1-7-19(25)15-20-16-24-26(29(49)23-9-3-2-8-22(23)28(24)48)34(55-17-21(47)11-14-46)33(20)56-38-32(52)30(50)31(51)35(57-38)40(54)12-5-6-13-40/h1-4,7-10,14,16,21,30-32,35,38,47,50-52,54H,5-6,11-13,15,17-18H2,(H2,41,44,53). The molecule has 296 valence electrons. The van der Waals surface area contributed by atoms with E-state index in [9.17, 15) is 45.0 Å². The molecule has 0 radical (unpaired) electrons. The highest BCUT2D eigenvalue weighted by Gasteiger charge is 2.54. The first-order valence-electron chi connectivity index (χ1n) is 18.5. The fourth-order valence-electron chi connectivity index (χ4n) is 8.20. The zero-order valence-electron chi connectivity index (χ0n) is 30.3. The van der Waals surface area contributed by atoms with Crippen molar-refractivity contribution in [3.8, 4) is 11.5 Å². The van der Waals surface area contributed by atoms with Gasteiger partial charge >= 0.3 is 0 Å². The Labute approximate surface area is 324 Å². The summed E-state index contributed by atoms with van der Waals surface area (Å²) in [5.74, 6) is -2.65. The number of aldehydes is 1. The highest BCUT2D eigenvalue weighted by Crippen LogP contribution is 2.46. The van der Waals surface area contributed by atoms with Gasteiger partial charge in [0.05, 0.1) is 17.3 Å². The van der Waals surface area contributed by atoms with E-state index in [1.54, 1.807) is 36.4 Å². The third-order valence-electron chi connectivity index (χ3n) is 11.0. The highest BCUT2D eigenvalue weighted by atomic mass is 16.7. The average Bonchev–Trinajstić information content (AvgIpc) is 3.84. The maximum Gasteiger partial charge on any atom is 0.262 e. The van der Waals surface area contributed by atoms with Crippen LogP contribution in [0.4, 0.5) is 5.69 Å². The third-order valence-corrected chi connectivity index (χ3v) is 11.0. The van der Waals surface area contributed by atoms with Crippen molar-refractivity contribution in [2.45, 2.75) is 80.9 Å². The van der Waals surface area contributed by atoms with E-state index in [0.717, 1.165) is 0 Å². The van der Waals surface area contributed by atoms with Gasteiger partial charge in [0.2, 0.25) is 12.2 Å². The molecule has 8 rings (SSSR count). The number of amidine groups is 1. The molecule has 3 heterocycles. The second-order valence-electron chi connectivity index (χ2n) is 14.7. The molecule has 7 unspecified atom stereocenters. The number of rotatable bonds is 11. The second-order valence-corrected chi connectivity index (χ2v) is 14.7. The Balaban J connectivity index is 1.28. The van der Waals surface area contributed by atoms with Crippen molar-refractivity contribution >= 4 is 46.9 Å². The van der Waals surface area contributed by atoms with Gasteiger partial charge in [-0.2, -0.15) is 4.99 Å². The first kappa shape index (κ1) is 38.3. The van der Waals surface area contributed by atoms with Crippen molar-refractivity contribution in [3.63, 3.8) is 0 Å². The number of ketones is 2. The number of aliphatic hydroxyl groups is 5. The van der Waals surface area contributed by atoms with E-state index in [0.29, 0.717) is 35.3 Å². The van der Waals surface area contributed by atoms with Gasteiger partial charge in [-0.05, 0) is 25.0 Å². The lowest BCUT2D eigenvalue weighted by atomic mass is 9.81. The van der Waals surface area contributed by atoms with Crippen molar-refractivity contribution in [1.82, 2.24) is 0 Å². The minimum atomic E-state index is -1.89. The zero-order valence-corrected chi connectivity index (χ0v) is 30.3. The van der Waals surface area contributed by atoms with Gasteiger partial charge < -0.3 is 49.6 Å². The van der Waals surface area contributed by atoms with Crippen LogP contribution < -0.4 is 19.5 Å². The number of aliphatic imine (C=N–C) groups is 3. The van der Waals surface area contributed by atoms with Gasteiger partial charge in [-0.25, -0.2) is 14.9 Å². The summed E-state index contributed by atoms with van der Waals surface area (Å²) in [5, 5.41) is 76.1. The lowest BCUT2D eigenvalue weighted by molar-refractivity contribution is -0.723. The van der Waals surface area contributed by atoms with Gasteiger partial charge in [0.25, 0.3) is 5.84 Å². The van der Waals surface area contributed by atoms with E-state index in [1.807, 2.05) is 0 Å². The summed E-state index contributed by atoms with van der Waals surface area (Å²) >= 11 is 0. The number of aliphatic hydroxyl groups excluding tert-OH is 4. The summed E-state index contributed by atoms with van der Waals surface area (Å²) in [6.07, 6.45) is -8.09. The topological polar surface area (TPSA) is 268 Å². The lowest BCUT2D eigenvalue weighted by Gasteiger charge is -2.45. The number of benzene rings is 3. The molecule has 3 aliphatic heterocycles. The van der Waals surface area contributed by atoms with Gasteiger partial charge in [-0.15, -0.1) is 0 Å². The number of hydrogen-bond acceptors (Lipinski definition) is 14. The Morgan fingerprint density at radius 1 is 0.947 bits per heavy atom. The Morgan fingerprint density at radius 2 is 1.65 bits per heavy atom. The number of carbonyl (C=O) groups is 3. The van der Waals surface area contributed by atoms with Gasteiger partial charge in [0, 0.05) is 46.6 Å². The molecule has 17 heteroatoms. The van der Waals surface area contributed by atoms with Gasteiger partial charge in [0.1, 0.15) is 43.0 Å². The van der Waals surface area contributed by atoms with E-state index in [1.165, 1.54) is 18.2 Å². The van der Waals surface area contributed by atoms with Crippen molar-refractivity contribution in [2.24, 2.45) is 15.0 Å². The third kappa shape index (κ3) is 6.76. The van der Waals surface area contributed by atoms with Crippen LogP contribution in [0.2, 0.25) is 0 Å². The summed E-state index contributed by atoms with van der Waals surface area (Å²) in [5.41, 5.74) is -0.251. The molecule has 7 atom stereocenters. The number of ether oxygens (including phenoxy) is 3. The summed E-state index contributed by atoms with van der Waals surface area (Å²) in [6.45, 7) is -0.488. The number of fused-ring (bicyclic) bond motifs is 3. The van der Waals surface area contributed by atoms with Crippen LogP contribution in [0.3, 0.4) is 0 Å². The Morgan fingerprint density at radius 3 is 2.39 bits per heavy atom. The predicted octanol–water partition coefficient (Wildman–Crippen LogP) is -1.09. The minimum Gasteiger partial charge on any atom is -0.857 e. The van der Waals surface area contributed by atoms with E-state index in [2.05, 4.69) is 15.0 Å². The molecule has 5 aliphatic rings. The molecule has 3 aromatic rings. The Kier molecular flexibility index (Phi) is 10.2. The van der Waals surface area contributed by atoms with Crippen LogP contribution in [0.25, 0.3) is 0 Å². The molecule has 17 nitrogen and oxygen atoms in total. The molecule has 1 saturated heterocycles. The predicted molar refractivity (Wildman–Crippen MR) is 197 cm³/mol. The average molecular weight is 782 g/mol. The Bertz CT molecular complexity index is 2270. The van der Waals surface area contributed by atoms with Crippen LogP contribution in [-0.4, -0.2) is 122 Å². The molecular weight excluding hydrogens is 742 g/mol. The molecule has 7 N–H and O–H groups in total. The minimum absolute atomic E-state index is 0.0172. The van der Waals surface area contributed by atoms with Crippen LogP contribution in [-0.2, 0) is 16.0 Å². The van der Waals surface area contributed by atoms with Crippen molar-refractivity contribution < 1.29 is 64.1 Å². The number of guanidine groups is 1. The van der Waals surface area contributed by atoms with Crippen molar-refractivity contribution in [2.75, 3.05) is 13.3 Å². The van der Waals surface area contributed by atoms with E-state index >= 15 is 0 Å². The van der Waals surface area contributed by atoms with Crippen LogP contribution in [0.1, 0.15) is 75.1 Å². The van der Waals surface area contributed by atoms with Crippen LogP contribution in [0.5, 0.6) is 11.5 Å². The Hall–Kier alpha value is -5.53. The number of hydrogen-bond donors (Lipinski definition) is 7. The maximum absolute atomic E-state index is 14.3. The van der Waals surface area contributed by atoms with Gasteiger partial charge in [-0.3, -0.25) is 15.0 Å². The molecule has 3 aromatic carbocycles. The zero-order chi connectivity index (χ0) is 40.2. The maximum atomic E-state index is 14.3. The first-order chi connectivity index (χ1) is 27.4. The fraction of sp³-hybridized carbons (Fsp3) is 0.375. The molecular formula is C40H39N5O12. The number of para-hydroxylation sites is 1. The van der Waals surface area contributed by atoms with Gasteiger partial charge in [0.15, 0.2) is 35.4 Å². The van der Waals surface area contributed by atoms with Crippen LogP contribution in [0.15, 0.2) is 69.6 Å². The molecule has 1 saturated carbocycles. The summed E-state index contributed by atoms with van der Waals surface area (Å²) in [4.78, 5) is 52.5. The quantitative estimate of drug-likeness (QED) is 0.0895. The lowest BCUT2D eigenvalue weighted by Crippen LogP contribution is -3.09. The number of quaternary nitrogens is 1. The van der Waals surface area contributed by atoms with Crippen molar-refractivity contribution in [3.05, 3.63) is 88.0 Å². The van der Waals surface area contributed by atoms with E-state index in [-0.39, 0.29) is 83.2 Å². The first-order valence-corrected chi connectivity index (χ1v) is 18.5. The fourth-order valence-corrected chi connectivity index (χ4v) is 8.20. The van der Waals surface area contributed by atoms with Crippen LogP contribution in [0, 0.1) is 5.41 Å².